The number of methoxy groups -OCH3 is 2. The lowest BCUT2D eigenvalue weighted by atomic mass is 10.1. The molecule has 0 aliphatic carbocycles. The summed E-state index contributed by atoms with van der Waals surface area (Å²) in [5.74, 6) is -1.22. The van der Waals surface area contributed by atoms with E-state index in [1.165, 1.54) is 25.3 Å². The first-order valence-corrected chi connectivity index (χ1v) is 7.14. The lowest BCUT2D eigenvalue weighted by molar-refractivity contribution is -0.143. The number of hydrogen-bond acceptors (Lipinski definition) is 6. The fourth-order valence-corrected chi connectivity index (χ4v) is 2.34. The maximum Gasteiger partial charge on any atom is 0.329 e. The number of carbonyl (C=O) groups is 3. The van der Waals surface area contributed by atoms with E-state index < -0.39 is 24.5 Å². The molecule has 0 spiro atoms. The molecular weight excluding hydrogens is 372 g/mol. The van der Waals surface area contributed by atoms with Crippen molar-refractivity contribution in [2.75, 3.05) is 20.8 Å². The highest BCUT2D eigenvalue weighted by Gasteiger charge is 2.35. The van der Waals surface area contributed by atoms with Crippen molar-refractivity contribution in [1.82, 2.24) is 10.2 Å². The summed E-state index contributed by atoms with van der Waals surface area (Å²) in [6, 6.07) is 2.18. The number of rotatable bonds is 4. The van der Waals surface area contributed by atoms with Crippen LogP contribution in [0.15, 0.2) is 22.3 Å². The summed E-state index contributed by atoms with van der Waals surface area (Å²) < 4.78 is 9.94. The lowest BCUT2D eigenvalue weighted by Crippen LogP contribution is -2.36. The molecule has 0 radical (unpaired) electrons. The van der Waals surface area contributed by atoms with E-state index in [2.05, 4.69) is 26.0 Å². The van der Waals surface area contributed by atoms with E-state index in [4.69, 9.17) is 4.74 Å². The number of halogens is 1. The monoisotopic (exact) mass is 384 g/mol. The van der Waals surface area contributed by atoms with Crippen LogP contribution in [0, 0.1) is 0 Å². The number of phenolic OH excluding ortho intramolecular Hbond substituents is 1. The molecule has 1 saturated heterocycles. The van der Waals surface area contributed by atoms with Gasteiger partial charge in [0.05, 0.1) is 14.2 Å². The molecule has 23 heavy (non-hydrogen) atoms. The van der Waals surface area contributed by atoms with Crippen molar-refractivity contribution in [2.24, 2.45) is 0 Å². The number of esters is 1. The molecule has 0 saturated carbocycles. The van der Waals surface area contributed by atoms with Gasteiger partial charge in [-0.15, -0.1) is 0 Å². The quantitative estimate of drug-likeness (QED) is 0.459. The van der Waals surface area contributed by atoms with Crippen LogP contribution >= 0.6 is 15.9 Å². The molecule has 122 valence electrons. The highest BCUT2D eigenvalue weighted by molar-refractivity contribution is 9.10. The van der Waals surface area contributed by atoms with Gasteiger partial charge in [-0.2, -0.15) is 0 Å². The van der Waals surface area contributed by atoms with Gasteiger partial charge >= 0.3 is 12.0 Å². The third-order valence-electron chi connectivity index (χ3n) is 3.08. The van der Waals surface area contributed by atoms with Crippen LogP contribution in [-0.2, 0) is 14.3 Å². The predicted molar refractivity (Wildman–Crippen MR) is 82.6 cm³/mol. The minimum atomic E-state index is -0.714. The van der Waals surface area contributed by atoms with Gasteiger partial charge in [-0.3, -0.25) is 9.59 Å². The summed E-state index contributed by atoms with van der Waals surface area (Å²) in [7, 11) is 2.55. The van der Waals surface area contributed by atoms with Crippen molar-refractivity contribution < 1.29 is 29.0 Å². The molecule has 0 unspecified atom stereocenters. The number of urea groups is 1. The van der Waals surface area contributed by atoms with E-state index in [1.807, 2.05) is 0 Å². The van der Waals surface area contributed by atoms with Crippen LogP contribution in [0.3, 0.4) is 0 Å². The molecule has 1 heterocycles. The van der Waals surface area contributed by atoms with Crippen molar-refractivity contribution in [3.05, 3.63) is 27.9 Å². The predicted octanol–water partition coefficient (Wildman–Crippen LogP) is 1.23. The van der Waals surface area contributed by atoms with Gasteiger partial charge in [0.2, 0.25) is 0 Å². The summed E-state index contributed by atoms with van der Waals surface area (Å²) in [6.07, 6.45) is 1.41. The number of carbonyl (C=O) groups excluding carboxylic acids is 3. The maximum absolute atomic E-state index is 12.2. The first kappa shape index (κ1) is 16.8. The molecule has 1 fully saturated rings. The zero-order chi connectivity index (χ0) is 17.1. The van der Waals surface area contributed by atoms with Gasteiger partial charge in [0.15, 0.2) is 11.5 Å². The molecule has 1 aromatic carbocycles. The van der Waals surface area contributed by atoms with Crippen molar-refractivity contribution in [3.63, 3.8) is 0 Å². The van der Waals surface area contributed by atoms with E-state index in [9.17, 15) is 19.5 Å². The molecule has 1 aliphatic heterocycles. The second-order valence-corrected chi connectivity index (χ2v) is 5.36. The van der Waals surface area contributed by atoms with Gasteiger partial charge in [0.25, 0.3) is 5.91 Å². The SMILES string of the molecule is COC(=O)CN1C(=O)N/C(=C/c2cc(OC)c(O)cc2Br)C1=O. The summed E-state index contributed by atoms with van der Waals surface area (Å²) in [5, 5.41) is 12.0. The second kappa shape index (κ2) is 6.69. The fraction of sp³-hybridized carbons (Fsp3) is 0.214. The molecule has 8 nitrogen and oxygen atoms in total. The number of nitrogens with zero attached hydrogens (tertiary/aromatic N) is 1. The zero-order valence-corrected chi connectivity index (χ0v) is 13.8. The molecule has 9 heteroatoms. The Kier molecular flexibility index (Phi) is 4.89. The molecule has 1 aliphatic rings. The second-order valence-electron chi connectivity index (χ2n) is 4.50. The van der Waals surface area contributed by atoms with Gasteiger partial charge in [-0.25, -0.2) is 9.69 Å². The molecule has 0 aromatic heterocycles. The number of nitrogens with one attached hydrogen (secondary N) is 1. The van der Waals surface area contributed by atoms with E-state index >= 15 is 0 Å². The van der Waals surface area contributed by atoms with Crippen LogP contribution in [0.2, 0.25) is 0 Å². The van der Waals surface area contributed by atoms with Crippen LogP contribution in [-0.4, -0.2) is 48.7 Å². The van der Waals surface area contributed by atoms with Crippen LogP contribution < -0.4 is 10.1 Å². The Morgan fingerprint density at radius 3 is 2.70 bits per heavy atom. The van der Waals surface area contributed by atoms with Crippen LogP contribution in [0.1, 0.15) is 5.56 Å². The highest BCUT2D eigenvalue weighted by Crippen LogP contribution is 2.33. The summed E-state index contributed by atoms with van der Waals surface area (Å²) in [6.45, 7) is -0.474. The van der Waals surface area contributed by atoms with Crippen molar-refractivity contribution in [3.8, 4) is 11.5 Å². The van der Waals surface area contributed by atoms with E-state index in [-0.39, 0.29) is 17.2 Å². The molecule has 0 atom stereocenters. The average Bonchev–Trinajstić information content (AvgIpc) is 2.77. The number of phenols is 1. The Hall–Kier alpha value is -2.55. The first-order chi connectivity index (χ1) is 10.9. The fourth-order valence-electron chi connectivity index (χ4n) is 1.90. The number of aromatic hydroxyl groups is 1. The minimum Gasteiger partial charge on any atom is -0.504 e. The number of ether oxygens (including phenoxy) is 2. The van der Waals surface area contributed by atoms with Gasteiger partial charge in [0, 0.05) is 4.47 Å². The third-order valence-corrected chi connectivity index (χ3v) is 3.76. The molecule has 2 rings (SSSR count). The Bertz CT molecular complexity index is 715. The van der Waals surface area contributed by atoms with E-state index in [1.54, 1.807) is 0 Å². The van der Waals surface area contributed by atoms with E-state index in [0.29, 0.717) is 10.0 Å². The van der Waals surface area contributed by atoms with E-state index in [0.717, 1.165) is 12.0 Å². The lowest BCUT2D eigenvalue weighted by Gasteiger charge is -2.09. The zero-order valence-electron chi connectivity index (χ0n) is 12.3. The van der Waals surface area contributed by atoms with Crippen molar-refractivity contribution in [2.45, 2.75) is 0 Å². The number of imide groups is 1. The molecule has 3 amide bonds. The summed E-state index contributed by atoms with van der Waals surface area (Å²) in [4.78, 5) is 35.9. The van der Waals surface area contributed by atoms with Crippen molar-refractivity contribution >= 4 is 39.9 Å². The Labute approximate surface area is 139 Å². The topological polar surface area (TPSA) is 105 Å². The maximum atomic E-state index is 12.2. The first-order valence-electron chi connectivity index (χ1n) is 6.35. The van der Waals surface area contributed by atoms with Crippen LogP contribution in [0.4, 0.5) is 4.79 Å². The summed E-state index contributed by atoms with van der Waals surface area (Å²) >= 11 is 3.25. The van der Waals surface area contributed by atoms with Gasteiger partial charge in [-0.1, -0.05) is 15.9 Å². The van der Waals surface area contributed by atoms with Gasteiger partial charge < -0.3 is 19.9 Å². The molecule has 0 bridgehead atoms. The molecule has 1 aromatic rings. The number of benzene rings is 1. The Balaban J connectivity index is 2.32. The third kappa shape index (κ3) is 3.45. The average molecular weight is 385 g/mol. The van der Waals surface area contributed by atoms with Crippen molar-refractivity contribution in [1.29, 1.82) is 0 Å². The molecule has 2 N–H and O–H groups in total. The minimum absolute atomic E-state index is 0.00709. The Morgan fingerprint density at radius 2 is 2.09 bits per heavy atom. The number of hydrogen-bond donors (Lipinski definition) is 2. The smallest absolute Gasteiger partial charge is 0.329 e. The standard InChI is InChI=1S/C14H13BrN2O6/c1-22-11-4-7(8(15)5-10(11)18)3-9-13(20)17(14(21)16-9)6-12(19)23-2/h3-5,18H,6H2,1-2H3,(H,16,21)/b9-3+. The molecular formula is C14H13BrN2O6. The van der Waals surface area contributed by atoms with Crippen LogP contribution in [0.5, 0.6) is 11.5 Å². The van der Waals surface area contributed by atoms with Crippen LogP contribution in [0.25, 0.3) is 6.08 Å². The number of amides is 3. The largest absolute Gasteiger partial charge is 0.504 e. The van der Waals surface area contributed by atoms with Gasteiger partial charge in [-0.05, 0) is 23.8 Å². The normalized spacial score (nSPS) is 15.8. The van der Waals surface area contributed by atoms with Gasteiger partial charge in [0.1, 0.15) is 12.2 Å². The highest BCUT2D eigenvalue weighted by atomic mass is 79.9. The Morgan fingerprint density at radius 1 is 1.39 bits per heavy atom. The summed E-state index contributed by atoms with van der Waals surface area (Å²) in [5.41, 5.74) is 0.496.